The Hall–Kier alpha value is -1.60. The molecule has 140 valence electrons. The molecule has 7 heteroatoms. The molecule has 1 atom stereocenters. The van der Waals surface area contributed by atoms with Crippen molar-refractivity contribution in [3.05, 3.63) is 35.9 Å². The zero-order valence-corrected chi connectivity index (χ0v) is 16.4. The highest BCUT2D eigenvalue weighted by molar-refractivity contribution is 7.87. The van der Waals surface area contributed by atoms with Crippen molar-refractivity contribution in [3.8, 4) is 0 Å². The minimum Gasteiger partial charge on any atom is -0.443 e. The average Bonchev–Trinajstić information content (AvgIpc) is 2.70. The van der Waals surface area contributed by atoms with E-state index in [0.717, 1.165) is 9.87 Å². The fraction of sp³-hybridized carbons (Fsp3) is 0.611. The Morgan fingerprint density at radius 1 is 1.24 bits per heavy atom. The number of hydrogen-bond donors (Lipinski definition) is 0. The maximum absolute atomic E-state index is 13.0. The molecule has 0 N–H and O–H groups in total. The summed E-state index contributed by atoms with van der Waals surface area (Å²) in [4.78, 5) is 12.4. The molecule has 6 nitrogen and oxygen atoms in total. The van der Waals surface area contributed by atoms with Crippen LogP contribution in [0.4, 0.5) is 4.79 Å². The number of rotatable bonds is 4. The first-order chi connectivity index (χ1) is 11.5. The van der Waals surface area contributed by atoms with Crippen LogP contribution < -0.4 is 0 Å². The van der Waals surface area contributed by atoms with Crippen molar-refractivity contribution in [3.63, 3.8) is 0 Å². The van der Waals surface area contributed by atoms with Crippen molar-refractivity contribution in [1.29, 1.82) is 0 Å². The first kappa shape index (κ1) is 19.7. The first-order valence-electron chi connectivity index (χ1n) is 8.57. The molecule has 25 heavy (non-hydrogen) atoms. The van der Waals surface area contributed by atoms with Crippen LogP contribution in [-0.2, 0) is 21.5 Å². The summed E-state index contributed by atoms with van der Waals surface area (Å²) in [7, 11) is -3.90. The summed E-state index contributed by atoms with van der Waals surface area (Å²) < 4.78 is 33.5. The van der Waals surface area contributed by atoms with E-state index in [0.29, 0.717) is 12.3 Å². The number of carbonyl (C=O) groups excluding carboxylic acids is 1. The van der Waals surface area contributed by atoms with Crippen molar-refractivity contribution in [2.24, 2.45) is 5.92 Å². The van der Waals surface area contributed by atoms with E-state index in [9.17, 15) is 13.2 Å². The van der Waals surface area contributed by atoms with E-state index >= 15 is 0 Å². The molecule has 1 saturated heterocycles. The quantitative estimate of drug-likeness (QED) is 0.817. The van der Waals surface area contributed by atoms with Gasteiger partial charge >= 0.3 is 16.3 Å². The lowest BCUT2D eigenvalue weighted by molar-refractivity contribution is 0.0396. The van der Waals surface area contributed by atoms with Gasteiger partial charge in [-0.3, -0.25) is 0 Å². The van der Waals surface area contributed by atoms with E-state index in [1.54, 1.807) is 20.8 Å². The molecule has 0 radical (unpaired) electrons. The van der Waals surface area contributed by atoms with Gasteiger partial charge in [-0.15, -0.1) is 0 Å². The summed E-state index contributed by atoms with van der Waals surface area (Å²) in [5, 5.41) is 0. The fourth-order valence-corrected chi connectivity index (χ4v) is 4.56. The summed E-state index contributed by atoms with van der Waals surface area (Å²) in [5.41, 5.74) is 0.151. The predicted octanol–water partition coefficient (Wildman–Crippen LogP) is 3.40. The van der Waals surface area contributed by atoms with Gasteiger partial charge in [-0.1, -0.05) is 44.2 Å². The highest BCUT2D eigenvalue weighted by Gasteiger charge is 2.47. The summed E-state index contributed by atoms with van der Waals surface area (Å²) >= 11 is 0. The molecule has 2 rings (SSSR count). The van der Waals surface area contributed by atoms with E-state index in [2.05, 4.69) is 0 Å². The molecule has 0 bridgehead atoms. The predicted molar refractivity (Wildman–Crippen MR) is 97.1 cm³/mol. The lowest BCUT2D eigenvalue weighted by Gasteiger charge is -2.24. The van der Waals surface area contributed by atoms with Gasteiger partial charge in [-0.25, -0.2) is 4.79 Å². The number of nitrogens with zero attached hydrogens (tertiary/aromatic N) is 2. The third-order valence-electron chi connectivity index (χ3n) is 3.88. The number of amides is 1. The van der Waals surface area contributed by atoms with Gasteiger partial charge in [0.25, 0.3) is 0 Å². The smallest absolute Gasteiger partial charge is 0.425 e. The van der Waals surface area contributed by atoms with Crippen LogP contribution >= 0.6 is 0 Å². The SMILES string of the molecule is CC(C)C[C@H]1CN(C(=O)OC(C)(C)C)S(=O)(=O)N1Cc1ccccc1. The lowest BCUT2D eigenvalue weighted by Crippen LogP contribution is -2.40. The van der Waals surface area contributed by atoms with Crippen LogP contribution in [0.15, 0.2) is 30.3 Å². The van der Waals surface area contributed by atoms with Crippen molar-refractivity contribution in [1.82, 2.24) is 8.61 Å². The molecule has 1 heterocycles. The molecule has 1 aromatic rings. The van der Waals surface area contributed by atoms with E-state index in [1.807, 2.05) is 44.2 Å². The molecule has 1 amide bonds. The van der Waals surface area contributed by atoms with Crippen molar-refractivity contribution >= 4 is 16.3 Å². The van der Waals surface area contributed by atoms with Gasteiger partial charge in [0.15, 0.2) is 0 Å². The summed E-state index contributed by atoms with van der Waals surface area (Å²) in [6.45, 7) is 9.64. The molecule has 1 aliphatic rings. The van der Waals surface area contributed by atoms with Gasteiger partial charge in [0.2, 0.25) is 0 Å². The standard InChI is InChI=1S/C18H28N2O4S/c1-14(2)11-16-13-20(17(21)24-18(3,4)5)25(22,23)19(16)12-15-9-7-6-8-10-15/h6-10,14,16H,11-13H2,1-5H3/t16-/m0/s1. The Balaban J connectivity index is 2.29. The van der Waals surface area contributed by atoms with Crippen LogP contribution in [0.5, 0.6) is 0 Å². The van der Waals surface area contributed by atoms with Gasteiger partial charge in [-0.05, 0) is 38.7 Å². The summed E-state index contributed by atoms with van der Waals surface area (Å²) in [6.07, 6.45) is -0.123. The Labute approximate surface area is 150 Å². The number of hydrogen-bond acceptors (Lipinski definition) is 4. The monoisotopic (exact) mass is 368 g/mol. The van der Waals surface area contributed by atoms with Crippen molar-refractivity contribution in [2.75, 3.05) is 6.54 Å². The Morgan fingerprint density at radius 2 is 1.84 bits per heavy atom. The van der Waals surface area contributed by atoms with E-state index in [-0.39, 0.29) is 19.1 Å². The summed E-state index contributed by atoms with van der Waals surface area (Å²) in [6, 6.07) is 9.16. The molecule has 1 aromatic carbocycles. The van der Waals surface area contributed by atoms with E-state index in [4.69, 9.17) is 4.74 Å². The van der Waals surface area contributed by atoms with E-state index in [1.165, 1.54) is 4.31 Å². The third-order valence-corrected chi connectivity index (χ3v) is 5.76. The largest absolute Gasteiger partial charge is 0.443 e. The lowest BCUT2D eigenvalue weighted by atomic mass is 10.0. The zero-order valence-electron chi connectivity index (χ0n) is 15.6. The maximum Gasteiger partial charge on any atom is 0.425 e. The second-order valence-corrected chi connectivity index (χ2v) is 9.64. The van der Waals surface area contributed by atoms with Gasteiger partial charge in [0, 0.05) is 12.6 Å². The maximum atomic E-state index is 13.0. The van der Waals surface area contributed by atoms with Crippen LogP contribution in [0.25, 0.3) is 0 Å². The molecular weight excluding hydrogens is 340 g/mol. The van der Waals surface area contributed by atoms with Gasteiger partial charge in [0.1, 0.15) is 5.60 Å². The zero-order chi connectivity index (χ0) is 18.8. The Bertz CT molecular complexity index is 696. The second-order valence-electron chi connectivity index (χ2n) is 7.83. The Kier molecular flexibility index (Phi) is 5.79. The molecular formula is C18H28N2O4S. The molecule has 0 aliphatic carbocycles. The van der Waals surface area contributed by atoms with Crippen LogP contribution in [-0.4, -0.2) is 41.3 Å². The highest BCUT2D eigenvalue weighted by atomic mass is 32.2. The topological polar surface area (TPSA) is 66.9 Å². The van der Waals surface area contributed by atoms with E-state index < -0.39 is 21.9 Å². The van der Waals surface area contributed by atoms with Crippen LogP contribution in [0.2, 0.25) is 0 Å². The van der Waals surface area contributed by atoms with Crippen molar-refractivity contribution < 1.29 is 17.9 Å². The third kappa shape index (κ3) is 4.95. The number of carbonyl (C=O) groups is 1. The average molecular weight is 368 g/mol. The Morgan fingerprint density at radius 3 is 2.36 bits per heavy atom. The number of benzene rings is 1. The minimum absolute atomic E-state index is 0.127. The molecule has 1 fully saturated rings. The molecule has 1 aliphatic heterocycles. The van der Waals surface area contributed by atoms with Gasteiger partial charge in [-0.2, -0.15) is 17.0 Å². The van der Waals surface area contributed by atoms with Crippen molar-refractivity contribution in [2.45, 2.75) is 59.2 Å². The highest BCUT2D eigenvalue weighted by Crippen LogP contribution is 2.30. The normalized spacial score (nSPS) is 20.9. The molecule has 0 unspecified atom stereocenters. The molecule has 0 spiro atoms. The fourth-order valence-electron chi connectivity index (χ4n) is 2.88. The molecule has 0 aromatic heterocycles. The first-order valence-corrected chi connectivity index (χ1v) is 9.97. The van der Waals surface area contributed by atoms with Gasteiger partial charge < -0.3 is 4.74 Å². The second kappa shape index (κ2) is 7.33. The molecule has 0 saturated carbocycles. The summed E-state index contributed by atoms with van der Waals surface area (Å²) in [5.74, 6) is 0.317. The van der Waals surface area contributed by atoms with Gasteiger partial charge in [0.05, 0.1) is 6.54 Å². The van der Waals surface area contributed by atoms with Crippen LogP contribution in [0, 0.1) is 5.92 Å². The number of ether oxygens (including phenoxy) is 1. The van der Waals surface area contributed by atoms with Crippen LogP contribution in [0.1, 0.15) is 46.6 Å². The van der Waals surface area contributed by atoms with Crippen LogP contribution in [0.3, 0.4) is 0 Å². The minimum atomic E-state index is -3.90.